The van der Waals surface area contributed by atoms with E-state index in [0.29, 0.717) is 0 Å². The fraction of sp³-hybridized carbons (Fsp3) is 0.250. The van der Waals surface area contributed by atoms with Gasteiger partial charge < -0.3 is 4.74 Å². The highest BCUT2D eigenvalue weighted by molar-refractivity contribution is 6.29. The maximum Gasteiger partial charge on any atom is 0.357 e. The normalized spacial score (nSPS) is 9.73. The molecule has 0 unspecified atom stereocenters. The monoisotopic (exact) mass is 230 g/mol. The predicted octanol–water partition coefficient (Wildman–Crippen LogP) is 1.82. The van der Waals surface area contributed by atoms with Crippen molar-refractivity contribution in [2.75, 3.05) is 6.61 Å². The molecular formula is C8H7ClN2O4. The van der Waals surface area contributed by atoms with Gasteiger partial charge in [-0.1, -0.05) is 11.6 Å². The molecule has 1 aromatic heterocycles. The smallest absolute Gasteiger partial charge is 0.357 e. The average molecular weight is 231 g/mol. The number of hydrogen-bond acceptors (Lipinski definition) is 5. The first-order valence-corrected chi connectivity index (χ1v) is 4.41. The lowest BCUT2D eigenvalue weighted by molar-refractivity contribution is -0.385. The Bertz CT molecular complexity index is 408. The highest BCUT2D eigenvalue weighted by Gasteiger charge is 2.15. The molecule has 1 aromatic rings. The molecule has 0 N–H and O–H groups in total. The molecule has 0 saturated carbocycles. The number of esters is 1. The predicted molar refractivity (Wildman–Crippen MR) is 51.9 cm³/mol. The van der Waals surface area contributed by atoms with Crippen molar-refractivity contribution in [1.82, 2.24) is 4.98 Å². The van der Waals surface area contributed by atoms with E-state index in [2.05, 4.69) is 9.72 Å². The van der Waals surface area contributed by atoms with Crippen molar-refractivity contribution in [3.8, 4) is 0 Å². The highest BCUT2D eigenvalue weighted by Crippen LogP contribution is 2.17. The Morgan fingerprint density at radius 1 is 1.67 bits per heavy atom. The summed E-state index contributed by atoms with van der Waals surface area (Å²) in [4.78, 5) is 24.6. The van der Waals surface area contributed by atoms with E-state index >= 15 is 0 Å². The molecule has 0 saturated heterocycles. The van der Waals surface area contributed by atoms with Gasteiger partial charge in [-0.25, -0.2) is 9.78 Å². The number of hydrogen-bond donors (Lipinski definition) is 0. The zero-order valence-electron chi connectivity index (χ0n) is 7.77. The van der Waals surface area contributed by atoms with Crippen LogP contribution in [0.3, 0.4) is 0 Å². The number of carbonyl (C=O) groups is 1. The topological polar surface area (TPSA) is 82.3 Å². The summed E-state index contributed by atoms with van der Waals surface area (Å²) in [5.74, 6) is -0.733. The molecular weight excluding hydrogens is 224 g/mol. The minimum Gasteiger partial charge on any atom is -0.461 e. The molecule has 0 aromatic carbocycles. The maximum atomic E-state index is 11.2. The number of rotatable bonds is 3. The Hall–Kier alpha value is -1.69. The van der Waals surface area contributed by atoms with Crippen LogP contribution in [-0.4, -0.2) is 22.5 Å². The molecule has 0 aliphatic heterocycles. The van der Waals surface area contributed by atoms with Crippen LogP contribution in [-0.2, 0) is 4.74 Å². The fourth-order valence-corrected chi connectivity index (χ4v) is 1.10. The summed E-state index contributed by atoms with van der Waals surface area (Å²) >= 11 is 5.51. The van der Waals surface area contributed by atoms with Gasteiger partial charge >= 0.3 is 5.97 Å². The number of carbonyl (C=O) groups excluding carboxylic acids is 1. The summed E-state index contributed by atoms with van der Waals surface area (Å²) < 4.78 is 4.63. The molecule has 0 amide bonds. The number of nitrogens with zero attached hydrogens (tertiary/aromatic N) is 2. The molecule has 80 valence electrons. The van der Waals surface area contributed by atoms with Crippen LogP contribution in [0.2, 0.25) is 5.15 Å². The summed E-state index contributed by atoms with van der Waals surface area (Å²) in [6.45, 7) is 1.79. The molecule has 7 heteroatoms. The van der Waals surface area contributed by atoms with Crippen molar-refractivity contribution in [2.45, 2.75) is 6.92 Å². The second kappa shape index (κ2) is 4.70. The molecule has 0 aliphatic rings. The van der Waals surface area contributed by atoms with Crippen molar-refractivity contribution in [1.29, 1.82) is 0 Å². The lowest BCUT2D eigenvalue weighted by atomic mass is 10.3. The Morgan fingerprint density at radius 3 is 2.87 bits per heavy atom. The van der Waals surface area contributed by atoms with Crippen LogP contribution in [0.5, 0.6) is 0 Å². The van der Waals surface area contributed by atoms with E-state index in [0.717, 1.165) is 12.1 Å². The number of aromatic nitrogens is 1. The van der Waals surface area contributed by atoms with Crippen molar-refractivity contribution in [3.63, 3.8) is 0 Å². The molecule has 0 spiro atoms. The van der Waals surface area contributed by atoms with Gasteiger partial charge in [0.15, 0.2) is 5.69 Å². The van der Waals surface area contributed by atoms with Crippen molar-refractivity contribution >= 4 is 23.3 Å². The van der Waals surface area contributed by atoms with E-state index < -0.39 is 10.9 Å². The minimum atomic E-state index is -0.733. The summed E-state index contributed by atoms with van der Waals surface area (Å²) in [6, 6.07) is 2.08. The van der Waals surface area contributed by atoms with Gasteiger partial charge in [-0.15, -0.1) is 0 Å². The third-order valence-corrected chi connectivity index (χ3v) is 1.67. The molecule has 15 heavy (non-hydrogen) atoms. The summed E-state index contributed by atoms with van der Waals surface area (Å²) in [5, 5.41) is 10.3. The molecule has 0 bridgehead atoms. The van der Waals surface area contributed by atoms with Gasteiger partial charge in [0.05, 0.1) is 17.6 Å². The summed E-state index contributed by atoms with van der Waals surface area (Å²) in [6.07, 6.45) is 0. The second-order valence-corrected chi connectivity index (χ2v) is 2.90. The largest absolute Gasteiger partial charge is 0.461 e. The van der Waals surface area contributed by atoms with Crippen molar-refractivity contribution in [3.05, 3.63) is 33.1 Å². The first kappa shape index (κ1) is 11.4. The van der Waals surface area contributed by atoms with Crippen LogP contribution < -0.4 is 0 Å². The molecule has 0 radical (unpaired) electrons. The van der Waals surface area contributed by atoms with Crippen LogP contribution in [0.25, 0.3) is 0 Å². The van der Waals surface area contributed by atoms with Crippen LogP contribution in [0.4, 0.5) is 5.69 Å². The molecule has 1 heterocycles. The van der Waals surface area contributed by atoms with Gasteiger partial charge in [0.2, 0.25) is 0 Å². The van der Waals surface area contributed by atoms with Gasteiger partial charge in [0.25, 0.3) is 5.69 Å². The van der Waals surface area contributed by atoms with E-state index in [1.54, 1.807) is 6.92 Å². The molecule has 6 nitrogen and oxygen atoms in total. The summed E-state index contributed by atoms with van der Waals surface area (Å²) in [7, 11) is 0. The number of nitro groups is 1. The van der Waals surface area contributed by atoms with Crippen LogP contribution in [0.1, 0.15) is 17.4 Å². The molecule has 1 rings (SSSR count). The zero-order valence-corrected chi connectivity index (χ0v) is 8.52. The van der Waals surface area contributed by atoms with E-state index in [1.807, 2.05) is 0 Å². The van der Waals surface area contributed by atoms with Gasteiger partial charge in [-0.05, 0) is 6.92 Å². The Morgan fingerprint density at radius 2 is 2.33 bits per heavy atom. The van der Waals surface area contributed by atoms with Crippen molar-refractivity contribution in [2.24, 2.45) is 0 Å². The first-order valence-electron chi connectivity index (χ1n) is 4.03. The van der Waals surface area contributed by atoms with E-state index in [9.17, 15) is 14.9 Å². The maximum absolute atomic E-state index is 11.2. The van der Waals surface area contributed by atoms with E-state index in [4.69, 9.17) is 11.6 Å². The lowest BCUT2D eigenvalue weighted by Crippen LogP contribution is -2.07. The van der Waals surface area contributed by atoms with Crippen molar-refractivity contribution < 1.29 is 14.5 Å². The Kier molecular flexibility index (Phi) is 3.56. The number of halogens is 1. The third kappa shape index (κ3) is 2.88. The number of ether oxygens (including phenoxy) is 1. The second-order valence-electron chi connectivity index (χ2n) is 2.51. The van der Waals surface area contributed by atoms with Crippen LogP contribution >= 0.6 is 11.6 Å². The van der Waals surface area contributed by atoms with Gasteiger partial charge in [0.1, 0.15) is 5.15 Å². The molecule has 0 aliphatic carbocycles. The average Bonchev–Trinajstić information content (AvgIpc) is 2.17. The minimum absolute atomic E-state index is 0.118. The van der Waals surface area contributed by atoms with Gasteiger partial charge in [-0.3, -0.25) is 10.1 Å². The third-order valence-electron chi connectivity index (χ3n) is 1.47. The van der Waals surface area contributed by atoms with Gasteiger partial charge in [0, 0.05) is 6.07 Å². The highest BCUT2D eigenvalue weighted by atomic mass is 35.5. The van der Waals surface area contributed by atoms with Gasteiger partial charge in [-0.2, -0.15) is 0 Å². The summed E-state index contributed by atoms with van der Waals surface area (Å²) in [5.41, 5.74) is -0.464. The van der Waals surface area contributed by atoms with E-state index in [-0.39, 0.29) is 23.1 Å². The standard InChI is InChI=1S/C8H7ClN2O4/c1-2-15-8(12)6-3-5(11(13)14)4-7(9)10-6/h3-4H,2H2,1H3. The fourth-order valence-electron chi connectivity index (χ4n) is 0.898. The lowest BCUT2D eigenvalue weighted by Gasteiger charge is -2.00. The van der Waals surface area contributed by atoms with Crippen LogP contribution in [0.15, 0.2) is 12.1 Å². The quantitative estimate of drug-likeness (QED) is 0.342. The molecule has 0 fully saturated rings. The number of pyridine rings is 1. The SMILES string of the molecule is CCOC(=O)c1cc([N+](=O)[O-])cc(Cl)n1. The first-order chi connectivity index (χ1) is 7.04. The zero-order chi connectivity index (χ0) is 11.4. The molecule has 0 atom stereocenters. The Balaban J connectivity index is 3.09. The Labute approximate surface area is 90.0 Å². The van der Waals surface area contributed by atoms with E-state index in [1.165, 1.54) is 0 Å². The van der Waals surface area contributed by atoms with Crippen LogP contribution in [0, 0.1) is 10.1 Å².